The van der Waals surface area contributed by atoms with Gasteiger partial charge in [-0.15, -0.1) is 12.4 Å². The quantitative estimate of drug-likeness (QED) is 0.885. The molecule has 0 spiro atoms. The Kier molecular flexibility index (Phi) is 7.07. The van der Waals surface area contributed by atoms with Gasteiger partial charge in [0, 0.05) is 18.8 Å². The number of nitrogens with zero attached hydrogens (tertiary/aromatic N) is 1. The SMILES string of the molecule is CCN(CC)c1ccc([C@H](N)C(F)F)cc1.Cl. The molecule has 1 rings (SSSR count). The van der Waals surface area contributed by atoms with E-state index in [0.29, 0.717) is 5.56 Å². The second-order valence-electron chi connectivity index (χ2n) is 3.62. The fraction of sp³-hybridized carbons (Fsp3) is 0.500. The highest BCUT2D eigenvalue weighted by Crippen LogP contribution is 2.21. The van der Waals surface area contributed by atoms with E-state index in [0.717, 1.165) is 18.8 Å². The van der Waals surface area contributed by atoms with Gasteiger partial charge in [-0.25, -0.2) is 8.78 Å². The van der Waals surface area contributed by atoms with E-state index in [1.807, 2.05) is 12.1 Å². The van der Waals surface area contributed by atoms with Crippen LogP contribution in [0, 0.1) is 0 Å². The Bertz CT molecular complexity index is 292. The van der Waals surface area contributed by atoms with Crippen LogP contribution in [0.15, 0.2) is 24.3 Å². The van der Waals surface area contributed by atoms with E-state index < -0.39 is 12.5 Å². The van der Waals surface area contributed by atoms with Gasteiger partial charge in [-0.3, -0.25) is 0 Å². The molecule has 0 aliphatic heterocycles. The van der Waals surface area contributed by atoms with Crippen LogP contribution in [-0.4, -0.2) is 19.5 Å². The van der Waals surface area contributed by atoms with Gasteiger partial charge < -0.3 is 10.6 Å². The molecule has 0 fully saturated rings. The maximum Gasteiger partial charge on any atom is 0.257 e. The van der Waals surface area contributed by atoms with Gasteiger partial charge in [0.05, 0.1) is 6.04 Å². The summed E-state index contributed by atoms with van der Waals surface area (Å²) in [5.74, 6) is 0. The summed E-state index contributed by atoms with van der Waals surface area (Å²) >= 11 is 0. The molecule has 0 unspecified atom stereocenters. The third-order valence-electron chi connectivity index (χ3n) is 2.68. The first-order valence-electron chi connectivity index (χ1n) is 5.48. The third-order valence-corrected chi connectivity index (χ3v) is 2.68. The van der Waals surface area contributed by atoms with Crippen molar-refractivity contribution in [2.45, 2.75) is 26.3 Å². The summed E-state index contributed by atoms with van der Waals surface area (Å²) in [6, 6.07) is 5.83. The third kappa shape index (κ3) is 4.13. The molecule has 1 atom stereocenters. The molecule has 0 radical (unpaired) electrons. The first-order chi connectivity index (χ1) is 7.60. The van der Waals surface area contributed by atoms with E-state index >= 15 is 0 Å². The molecule has 1 aromatic rings. The predicted molar refractivity (Wildman–Crippen MR) is 70.2 cm³/mol. The Morgan fingerprint density at radius 2 is 1.59 bits per heavy atom. The zero-order valence-electron chi connectivity index (χ0n) is 10.1. The second-order valence-corrected chi connectivity index (χ2v) is 3.62. The Morgan fingerprint density at radius 3 is 1.94 bits per heavy atom. The highest BCUT2D eigenvalue weighted by atomic mass is 35.5. The zero-order chi connectivity index (χ0) is 12.1. The average molecular weight is 265 g/mol. The molecule has 0 heterocycles. The van der Waals surface area contributed by atoms with E-state index in [4.69, 9.17) is 5.73 Å². The molecule has 5 heteroatoms. The van der Waals surface area contributed by atoms with Crippen LogP contribution in [0.2, 0.25) is 0 Å². The second kappa shape index (κ2) is 7.45. The van der Waals surface area contributed by atoms with Crippen molar-refractivity contribution in [2.24, 2.45) is 5.73 Å². The lowest BCUT2D eigenvalue weighted by atomic mass is 10.1. The van der Waals surface area contributed by atoms with Gasteiger partial charge >= 0.3 is 0 Å². The molecule has 2 N–H and O–H groups in total. The van der Waals surface area contributed by atoms with Crippen LogP contribution < -0.4 is 10.6 Å². The van der Waals surface area contributed by atoms with E-state index in [1.54, 1.807) is 12.1 Å². The van der Waals surface area contributed by atoms with E-state index in [-0.39, 0.29) is 12.4 Å². The van der Waals surface area contributed by atoms with Crippen LogP contribution in [-0.2, 0) is 0 Å². The van der Waals surface area contributed by atoms with Crippen molar-refractivity contribution in [3.05, 3.63) is 29.8 Å². The lowest BCUT2D eigenvalue weighted by Crippen LogP contribution is -2.22. The molecule has 17 heavy (non-hydrogen) atoms. The Morgan fingerprint density at radius 1 is 1.12 bits per heavy atom. The molecule has 0 amide bonds. The number of benzene rings is 1. The van der Waals surface area contributed by atoms with Gasteiger partial charge in [-0.2, -0.15) is 0 Å². The minimum absolute atomic E-state index is 0. The van der Waals surface area contributed by atoms with Crippen molar-refractivity contribution >= 4 is 18.1 Å². The van der Waals surface area contributed by atoms with Crippen molar-refractivity contribution in [3.8, 4) is 0 Å². The number of halogens is 3. The monoisotopic (exact) mass is 264 g/mol. The normalized spacial score (nSPS) is 12.1. The molecule has 1 aromatic carbocycles. The molecule has 0 aromatic heterocycles. The van der Waals surface area contributed by atoms with E-state index in [9.17, 15) is 8.78 Å². The van der Waals surface area contributed by atoms with Crippen LogP contribution in [0.3, 0.4) is 0 Å². The van der Waals surface area contributed by atoms with Crippen molar-refractivity contribution in [1.29, 1.82) is 0 Å². The fourth-order valence-electron chi connectivity index (χ4n) is 1.64. The summed E-state index contributed by atoms with van der Waals surface area (Å²) in [6.45, 7) is 5.91. The van der Waals surface area contributed by atoms with Crippen LogP contribution in [0.5, 0.6) is 0 Å². The summed E-state index contributed by atoms with van der Waals surface area (Å²) in [7, 11) is 0. The van der Waals surface area contributed by atoms with Gasteiger partial charge in [-0.05, 0) is 31.5 Å². The van der Waals surface area contributed by atoms with Gasteiger partial charge in [-0.1, -0.05) is 12.1 Å². The minimum atomic E-state index is -2.51. The first-order valence-corrected chi connectivity index (χ1v) is 5.48. The Balaban J connectivity index is 0.00000256. The van der Waals surface area contributed by atoms with Gasteiger partial charge in [0.2, 0.25) is 0 Å². The topological polar surface area (TPSA) is 29.3 Å². The molecular weight excluding hydrogens is 246 g/mol. The smallest absolute Gasteiger partial charge is 0.257 e. The average Bonchev–Trinajstić information content (AvgIpc) is 2.30. The molecule has 0 saturated heterocycles. The maximum absolute atomic E-state index is 12.4. The van der Waals surface area contributed by atoms with Crippen molar-refractivity contribution in [2.75, 3.05) is 18.0 Å². The molecule has 98 valence electrons. The first kappa shape index (κ1) is 16.1. The van der Waals surface area contributed by atoms with Crippen LogP contribution in [0.25, 0.3) is 0 Å². The van der Waals surface area contributed by atoms with Crippen molar-refractivity contribution < 1.29 is 8.78 Å². The number of alkyl halides is 2. The Hall–Kier alpha value is -0.870. The molecule has 0 saturated carbocycles. The zero-order valence-corrected chi connectivity index (χ0v) is 10.9. The van der Waals surface area contributed by atoms with Crippen LogP contribution >= 0.6 is 12.4 Å². The largest absolute Gasteiger partial charge is 0.372 e. The molecule has 0 bridgehead atoms. The number of hydrogen-bond acceptors (Lipinski definition) is 2. The summed E-state index contributed by atoms with van der Waals surface area (Å²) in [5, 5.41) is 0. The summed E-state index contributed by atoms with van der Waals surface area (Å²) in [5.41, 5.74) is 6.88. The van der Waals surface area contributed by atoms with Crippen LogP contribution in [0.1, 0.15) is 25.5 Å². The highest BCUT2D eigenvalue weighted by Gasteiger charge is 2.17. The highest BCUT2D eigenvalue weighted by molar-refractivity contribution is 5.85. The molecule has 0 aliphatic rings. The fourth-order valence-corrected chi connectivity index (χ4v) is 1.64. The summed E-state index contributed by atoms with van der Waals surface area (Å²) in [6.07, 6.45) is -2.51. The predicted octanol–water partition coefficient (Wildman–Crippen LogP) is 3.22. The van der Waals surface area contributed by atoms with E-state index in [2.05, 4.69) is 18.7 Å². The molecule has 0 aliphatic carbocycles. The number of rotatable bonds is 5. The van der Waals surface area contributed by atoms with Gasteiger partial charge in [0.25, 0.3) is 6.43 Å². The lowest BCUT2D eigenvalue weighted by Gasteiger charge is -2.21. The number of hydrogen-bond donors (Lipinski definition) is 1. The van der Waals surface area contributed by atoms with Crippen molar-refractivity contribution in [1.82, 2.24) is 0 Å². The minimum Gasteiger partial charge on any atom is -0.372 e. The lowest BCUT2D eigenvalue weighted by molar-refractivity contribution is 0.116. The number of nitrogens with two attached hydrogens (primary N) is 1. The summed E-state index contributed by atoms with van der Waals surface area (Å²) in [4.78, 5) is 2.15. The number of anilines is 1. The molecule has 2 nitrogen and oxygen atoms in total. The van der Waals surface area contributed by atoms with Gasteiger partial charge in [0.15, 0.2) is 0 Å². The van der Waals surface area contributed by atoms with Crippen LogP contribution in [0.4, 0.5) is 14.5 Å². The maximum atomic E-state index is 12.4. The molecular formula is C12H19ClF2N2. The standard InChI is InChI=1S/C12H18F2N2.ClH/c1-3-16(4-2)10-7-5-9(6-8-10)11(15)12(13)14;/h5-8,11-12H,3-4,15H2,1-2H3;1H/t11-;/m0./s1. The Labute approximate surface area is 107 Å². The van der Waals surface area contributed by atoms with Crippen molar-refractivity contribution in [3.63, 3.8) is 0 Å². The van der Waals surface area contributed by atoms with Gasteiger partial charge in [0.1, 0.15) is 0 Å². The summed E-state index contributed by atoms with van der Waals surface area (Å²) < 4.78 is 24.7. The van der Waals surface area contributed by atoms with E-state index in [1.165, 1.54) is 0 Å².